The van der Waals surface area contributed by atoms with Crippen molar-refractivity contribution in [3.63, 3.8) is 0 Å². The average molecular weight is 727 g/mol. The summed E-state index contributed by atoms with van der Waals surface area (Å²) in [4.78, 5) is 22.6. The molecule has 2 atom stereocenters. The molecule has 6 rings (SSSR count). The third-order valence-electron chi connectivity index (χ3n) is 8.56. The van der Waals surface area contributed by atoms with E-state index in [4.69, 9.17) is 14.0 Å². The molecule has 0 spiro atoms. The number of halogens is 3. The summed E-state index contributed by atoms with van der Waals surface area (Å²) >= 11 is 0. The lowest BCUT2D eigenvalue weighted by atomic mass is 10.0. The number of nitrogens with one attached hydrogen (secondary N) is 1. The number of methoxy groups -OCH3 is 1. The molecule has 1 fully saturated rings. The number of aryl methyl sites for hydroxylation is 2. The zero-order valence-corrected chi connectivity index (χ0v) is 29.6. The second kappa shape index (κ2) is 13.3. The number of carbonyl (C=O) groups is 1. The Labute approximate surface area is 292 Å². The summed E-state index contributed by atoms with van der Waals surface area (Å²) in [7, 11) is -2.81. The van der Waals surface area contributed by atoms with E-state index in [9.17, 15) is 26.4 Å². The van der Waals surface area contributed by atoms with Crippen molar-refractivity contribution in [2.24, 2.45) is 0 Å². The number of benzene rings is 2. The van der Waals surface area contributed by atoms with Gasteiger partial charge in [-0.1, -0.05) is 35.5 Å². The highest BCUT2D eigenvalue weighted by molar-refractivity contribution is 7.90. The normalized spacial score (nSPS) is 17.2. The van der Waals surface area contributed by atoms with Crippen LogP contribution in [0.1, 0.15) is 44.2 Å². The van der Waals surface area contributed by atoms with Gasteiger partial charge < -0.3 is 24.2 Å². The average Bonchev–Trinajstić information content (AvgIpc) is 3.62. The predicted molar refractivity (Wildman–Crippen MR) is 183 cm³/mol. The van der Waals surface area contributed by atoms with Gasteiger partial charge in [0.25, 0.3) is 10.0 Å². The number of piperidine rings is 1. The molecule has 0 radical (unpaired) electrons. The van der Waals surface area contributed by atoms with Crippen molar-refractivity contribution in [2.75, 3.05) is 25.5 Å². The molecule has 3 aromatic heterocycles. The zero-order valence-electron chi connectivity index (χ0n) is 28.8. The first kappa shape index (κ1) is 35.9. The molecule has 0 unspecified atom stereocenters. The number of aromatic nitrogens is 4. The summed E-state index contributed by atoms with van der Waals surface area (Å²) in [6.07, 6.45) is -3.65. The van der Waals surface area contributed by atoms with Crippen LogP contribution in [0, 0.1) is 13.8 Å². The van der Waals surface area contributed by atoms with Crippen molar-refractivity contribution in [3.05, 3.63) is 77.9 Å². The first-order chi connectivity index (χ1) is 24.0. The Morgan fingerprint density at radius 1 is 1.08 bits per heavy atom. The Balaban J connectivity index is 1.49. The molecule has 16 heteroatoms. The van der Waals surface area contributed by atoms with Crippen LogP contribution in [0.15, 0.2) is 70.3 Å². The second-order valence-corrected chi connectivity index (χ2v) is 15.1. The van der Waals surface area contributed by atoms with E-state index in [1.54, 1.807) is 71.0 Å². The van der Waals surface area contributed by atoms with Crippen LogP contribution in [0.3, 0.4) is 0 Å². The Morgan fingerprint density at radius 3 is 2.43 bits per heavy atom. The van der Waals surface area contributed by atoms with Crippen molar-refractivity contribution < 1.29 is 40.4 Å². The molecule has 1 saturated heterocycles. The zero-order chi connectivity index (χ0) is 36.9. The van der Waals surface area contributed by atoms with Crippen LogP contribution in [-0.4, -0.2) is 76.5 Å². The lowest BCUT2D eigenvalue weighted by Crippen LogP contribution is -2.53. The number of alkyl halides is 3. The van der Waals surface area contributed by atoms with Crippen molar-refractivity contribution in [2.45, 2.75) is 69.9 Å². The molecule has 4 heterocycles. The second-order valence-electron chi connectivity index (χ2n) is 13.3. The molecule has 0 bridgehead atoms. The number of nitrogens with zero attached hydrogens (tertiary/aromatic N) is 5. The van der Waals surface area contributed by atoms with E-state index < -0.39 is 51.3 Å². The van der Waals surface area contributed by atoms with E-state index >= 15 is 0 Å². The topological polar surface area (TPSA) is 142 Å². The van der Waals surface area contributed by atoms with Gasteiger partial charge in [0, 0.05) is 49.1 Å². The van der Waals surface area contributed by atoms with E-state index in [-0.39, 0.29) is 33.9 Å². The molecule has 1 aliphatic rings. The largest absolute Gasteiger partial charge is 0.444 e. The number of anilines is 1. The summed E-state index contributed by atoms with van der Waals surface area (Å²) in [5, 5.41) is 7.26. The van der Waals surface area contributed by atoms with E-state index in [0.29, 0.717) is 41.7 Å². The van der Waals surface area contributed by atoms with Gasteiger partial charge in [0.1, 0.15) is 16.9 Å². The van der Waals surface area contributed by atoms with Gasteiger partial charge in [0.2, 0.25) is 5.95 Å². The number of amides is 1. The van der Waals surface area contributed by atoms with Gasteiger partial charge >= 0.3 is 12.3 Å². The van der Waals surface area contributed by atoms with Crippen molar-refractivity contribution in [1.82, 2.24) is 24.0 Å². The van der Waals surface area contributed by atoms with Crippen LogP contribution in [0.2, 0.25) is 0 Å². The Bertz CT molecular complexity index is 2180. The minimum Gasteiger partial charge on any atom is -0.444 e. The van der Waals surface area contributed by atoms with Gasteiger partial charge in [-0.05, 0) is 64.8 Å². The Hall–Kier alpha value is -4.96. The molecule has 5 aromatic rings. The number of ether oxygens (including phenoxy) is 2. The van der Waals surface area contributed by atoms with Gasteiger partial charge in [-0.15, -0.1) is 0 Å². The maximum atomic E-state index is 14.6. The highest BCUT2D eigenvalue weighted by Gasteiger charge is 2.38. The van der Waals surface area contributed by atoms with Crippen LogP contribution in [-0.2, 0) is 25.7 Å². The van der Waals surface area contributed by atoms with Crippen molar-refractivity contribution >= 4 is 33.0 Å². The fourth-order valence-corrected chi connectivity index (χ4v) is 7.60. The third-order valence-corrected chi connectivity index (χ3v) is 10.2. The van der Waals surface area contributed by atoms with Crippen molar-refractivity contribution in [3.8, 4) is 22.4 Å². The first-order valence-corrected chi connectivity index (χ1v) is 17.5. The monoisotopic (exact) mass is 726 g/mol. The smallest absolute Gasteiger partial charge is 0.419 e. The molecule has 51 heavy (non-hydrogen) atoms. The number of likely N-dealkylation sites (tertiary alicyclic amines) is 1. The van der Waals surface area contributed by atoms with E-state index in [0.717, 1.165) is 10.2 Å². The fraction of sp³-hybridized carbons (Fsp3) is 0.371. The summed E-state index contributed by atoms with van der Waals surface area (Å²) in [6.45, 7) is 9.14. The highest BCUT2D eigenvalue weighted by Crippen LogP contribution is 2.42. The number of rotatable bonds is 7. The first-order valence-electron chi connectivity index (χ1n) is 16.1. The summed E-state index contributed by atoms with van der Waals surface area (Å²) in [5.41, 5.74) is -0.650. The summed E-state index contributed by atoms with van der Waals surface area (Å²) in [6, 6.07) is 11.8. The van der Waals surface area contributed by atoms with Crippen molar-refractivity contribution in [1.29, 1.82) is 0 Å². The predicted octanol–water partition coefficient (Wildman–Crippen LogP) is 7.06. The Kier molecular flexibility index (Phi) is 9.35. The lowest BCUT2D eigenvalue weighted by Gasteiger charge is -2.38. The lowest BCUT2D eigenvalue weighted by molar-refractivity contribution is -0.137. The quantitative estimate of drug-likeness (QED) is 0.185. The number of carbonyl (C=O) groups excluding carboxylic acids is 1. The van der Waals surface area contributed by atoms with Gasteiger partial charge in [0.05, 0.1) is 33.9 Å². The number of fused-ring (bicyclic) bond motifs is 1. The van der Waals surface area contributed by atoms with Gasteiger partial charge in [0.15, 0.2) is 0 Å². The van der Waals surface area contributed by atoms with E-state index in [2.05, 4.69) is 20.4 Å². The van der Waals surface area contributed by atoms with E-state index in [1.807, 2.05) is 0 Å². The SMILES string of the molecule is CO[C@@H]1CCN(C(=O)OC(C)(C)C)C[C@H]1Nc1ncc(C(F)(F)F)c(-c2cn(S(=O)(=O)c3ccccc3)c3cc(-c4c(C)noc4C)ccc23)n1. The number of hydrogen-bond acceptors (Lipinski definition) is 10. The van der Waals surface area contributed by atoms with Crippen LogP contribution < -0.4 is 5.32 Å². The highest BCUT2D eigenvalue weighted by atomic mass is 32.2. The van der Waals surface area contributed by atoms with Crippen LogP contribution in [0.25, 0.3) is 33.3 Å². The fourth-order valence-electron chi connectivity index (χ4n) is 6.22. The molecule has 2 aromatic carbocycles. The molecule has 12 nitrogen and oxygen atoms in total. The molecule has 0 aliphatic carbocycles. The summed E-state index contributed by atoms with van der Waals surface area (Å²) < 4.78 is 89.5. The molecule has 1 N–H and O–H groups in total. The van der Waals surface area contributed by atoms with Gasteiger partial charge in [-0.3, -0.25) is 0 Å². The maximum absolute atomic E-state index is 14.6. The van der Waals surface area contributed by atoms with Gasteiger partial charge in [-0.2, -0.15) is 13.2 Å². The minimum atomic E-state index is -4.90. The van der Waals surface area contributed by atoms with E-state index in [1.165, 1.54) is 24.1 Å². The Morgan fingerprint density at radius 2 is 1.80 bits per heavy atom. The van der Waals surface area contributed by atoms with Gasteiger partial charge in [-0.25, -0.2) is 27.2 Å². The molecule has 1 aliphatic heterocycles. The molecule has 1 amide bonds. The third kappa shape index (κ3) is 7.15. The molecular formula is C35H37F3N6O6S. The minimum absolute atomic E-state index is 0.0604. The molecule has 0 saturated carbocycles. The van der Waals surface area contributed by atoms with Crippen LogP contribution in [0.4, 0.5) is 23.9 Å². The standard InChI is InChI=1S/C35H37F3N6O6S/c1-20-30(21(2)50-42-20)22-12-13-24-25(18-44(28(24)16-22)51(46,47)23-10-8-7-9-11-23)31-26(35(36,37)38)17-39-32(41-31)40-27-19-43(15-14-29(27)48-6)33(45)49-34(3,4)5/h7-13,16-18,27,29H,14-15,19H2,1-6H3,(H,39,40,41)/t27-,29-/m1/s1. The maximum Gasteiger partial charge on any atom is 0.419 e. The molecular weight excluding hydrogens is 689 g/mol. The number of hydrogen-bond donors (Lipinski definition) is 1. The summed E-state index contributed by atoms with van der Waals surface area (Å²) in [5.74, 6) is 0.319. The van der Waals surface area contributed by atoms with Crippen LogP contribution >= 0.6 is 0 Å². The van der Waals surface area contributed by atoms with Crippen LogP contribution in [0.5, 0.6) is 0 Å². The molecule has 270 valence electrons.